The molecule has 0 aliphatic rings. The molecule has 194 valence electrons. The van der Waals surface area contributed by atoms with E-state index in [2.05, 4.69) is 15.0 Å². The zero-order valence-corrected chi connectivity index (χ0v) is 21.6. The third-order valence-corrected chi connectivity index (χ3v) is 7.08. The maximum absolute atomic E-state index is 13.5. The van der Waals surface area contributed by atoms with Gasteiger partial charge >= 0.3 is 7.60 Å². The lowest BCUT2D eigenvalue weighted by Gasteiger charge is -2.19. The zero-order valence-electron chi connectivity index (χ0n) is 19.9. The number of nitrogens with zero attached hydrogens (tertiary/aromatic N) is 3. The number of benzene rings is 2. The van der Waals surface area contributed by atoms with Crippen LogP contribution in [0.4, 0.5) is 5.95 Å². The number of fused-ring (bicyclic) bond motifs is 1. The molecule has 2 aromatic carbocycles. The molecular formula is C24H25ClN5O6P. The normalized spacial score (nSPS) is 13.0. The van der Waals surface area contributed by atoms with Crippen molar-refractivity contribution in [1.29, 1.82) is 0 Å². The van der Waals surface area contributed by atoms with E-state index in [-0.39, 0.29) is 37.0 Å². The van der Waals surface area contributed by atoms with E-state index in [1.807, 2.05) is 19.1 Å². The summed E-state index contributed by atoms with van der Waals surface area (Å²) in [6, 6.07) is 13.9. The highest BCUT2D eigenvalue weighted by atomic mass is 35.5. The molecule has 2 aromatic heterocycles. The second-order valence-corrected chi connectivity index (χ2v) is 10.6. The van der Waals surface area contributed by atoms with Gasteiger partial charge in [-0.2, -0.15) is 4.98 Å². The van der Waals surface area contributed by atoms with Gasteiger partial charge in [0.05, 0.1) is 19.5 Å². The highest BCUT2D eigenvalue weighted by molar-refractivity contribution is 7.53. The van der Waals surface area contributed by atoms with Crippen LogP contribution in [0.2, 0.25) is 5.02 Å². The van der Waals surface area contributed by atoms with E-state index in [0.717, 1.165) is 5.56 Å². The quantitative estimate of drug-likeness (QED) is 0.153. The summed E-state index contributed by atoms with van der Waals surface area (Å²) in [5, 5.41) is 0.503. The first kappa shape index (κ1) is 26.7. The van der Waals surface area contributed by atoms with Crippen LogP contribution in [0.25, 0.3) is 11.2 Å². The molecule has 0 saturated heterocycles. The maximum atomic E-state index is 13.5. The minimum absolute atomic E-state index is 0.0364. The van der Waals surface area contributed by atoms with Crippen LogP contribution < -0.4 is 11.3 Å². The van der Waals surface area contributed by atoms with Gasteiger partial charge in [-0.1, -0.05) is 53.6 Å². The number of ketones is 1. The summed E-state index contributed by atoms with van der Waals surface area (Å²) < 4.78 is 31.8. The lowest BCUT2D eigenvalue weighted by Crippen LogP contribution is -2.14. The summed E-state index contributed by atoms with van der Waals surface area (Å²) in [4.78, 5) is 35.0. The first-order valence-corrected chi connectivity index (χ1v) is 13.3. The second kappa shape index (κ2) is 11.8. The van der Waals surface area contributed by atoms with Crippen LogP contribution in [0.5, 0.6) is 0 Å². The number of aryl methyl sites for hydroxylation is 1. The molecule has 4 rings (SSSR count). The number of nitrogens with two attached hydrogens (primary N) is 1. The number of aromatic amines is 1. The van der Waals surface area contributed by atoms with E-state index in [1.165, 1.54) is 6.33 Å². The molecule has 0 radical (unpaired) electrons. The van der Waals surface area contributed by atoms with Crippen molar-refractivity contribution in [3.8, 4) is 0 Å². The Hall–Kier alpha value is -3.34. The van der Waals surface area contributed by atoms with Crippen molar-refractivity contribution in [3.05, 3.63) is 86.9 Å². The number of ether oxygens (including phenoxy) is 1. The van der Waals surface area contributed by atoms with Crippen LogP contribution in [-0.4, -0.2) is 44.9 Å². The molecule has 0 saturated carbocycles. The molecule has 2 heterocycles. The van der Waals surface area contributed by atoms with E-state index in [4.69, 9.17) is 31.1 Å². The van der Waals surface area contributed by atoms with Gasteiger partial charge in [-0.15, -0.1) is 0 Å². The Morgan fingerprint density at radius 2 is 1.97 bits per heavy atom. The Labute approximate surface area is 217 Å². The predicted molar refractivity (Wildman–Crippen MR) is 139 cm³/mol. The number of nitrogens with one attached hydrogen (secondary N) is 1. The highest BCUT2D eigenvalue weighted by Crippen LogP contribution is 2.49. The van der Waals surface area contributed by atoms with Crippen LogP contribution in [0.15, 0.2) is 59.7 Å². The molecule has 3 N–H and O–H groups in total. The van der Waals surface area contributed by atoms with Crippen LogP contribution >= 0.6 is 19.2 Å². The number of imidazole rings is 1. The number of carbonyl (C=O) groups is 1. The van der Waals surface area contributed by atoms with Crippen molar-refractivity contribution in [2.24, 2.45) is 0 Å². The third kappa shape index (κ3) is 7.12. The lowest BCUT2D eigenvalue weighted by molar-refractivity contribution is 0.0855. The van der Waals surface area contributed by atoms with Gasteiger partial charge in [-0.3, -0.25) is 23.7 Å². The van der Waals surface area contributed by atoms with E-state index < -0.39 is 26.1 Å². The largest absolute Gasteiger partial charge is 0.369 e. The minimum atomic E-state index is -3.86. The monoisotopic (exact) mass is 545 g/mol. The number of hydrogen-bond donors (Lipinski definition) is 2. The van der Waals surface area contributed by atoms with Gasteiger partial charge in [-0.25, -0.2) is 4.98 Å². The van der Waals surface area contributed by atoms with Crippen LogP contribution in [-0.2, 0) is 31.5 Å². The number of halogens is 1. The summed E-state index contributed by atoms with van der Waals surface area (Å²) >= 11 is 6.02. The van der Waals surface area contributed by atoms with Crippen LogP contribution in [0.3, 0.4) is 0 Å². The number of nitrogen functional groups attached to an aromatic ring is 1. The van der Waals surface area contributed by atoms with Gasteiger partial charge < -0.3 is 19.6 Å². The Kier molecular flexibility index (Phi) is 8.52. The Bertz CT molecular complexity index is 1500. The summed E-state index contributed by atoms with van der Waals surface area (Å²) in [5.74, 6) is -0.379. The SMILES string of the molecule is Cc1ccc(C(=O)COP(=O)(COCCn2cnc3c(=O)[nH]c(N)nc32)OCc2cccc(Cl)c2)cc1. The molecule has 37 heavy (non-hydrogen) atoms. The summed E-state index contributed by atoms with van der Waals surface area (Å²) in [7, 11) is -3.86. The highest BCUT2D eigenvalue weighted by Gasteiger charge is 2.27. The van der Waals surface area contributed by atoms with Crippen molar-refractivity contribution in [2.75, 3.05) is 25.3 Å². The number of anilines is 1. The van der Waals surface area contributed by atoms with Gasteiger partial charge in [0.1, 0.15) is 13.0 Å². The molecule has 4 aromatic rings. The molecule has 1 unspecified atom stereocenters. The van der Waals surface area contributed by atoms with Crippen molar-refractivity contribution in [1.82, 2.24) is 19.5 Å². The van der Waals surface area contributed by atoms with Crippen molar-refractivity contribution >= 4 is 42.1 Å². The van der Waals surface area contributed by atoms with Crippen LogP contribution in [0, 0.1) is 6.92 Å². The number of aromatic nitrogens is 4. The average molecular weight is 546 g/mol. The minimum Gasteiger partial charge on any atom is -0.369 e. The van der Waals surface area contributed by atoms with Gasteiger partial charge in [-0.05, 0) is 24.6 Å². The van der Waals surface area contributed by atoms with E-state index >= 15 is 0 Å². The predicted octanol–water partition coefficient (Wildman–Crippen LogP) is 3.95. The number of hydrogen-bond acceptors (Lipinski definition) is 9. The molecule has 0 bridgehead atoms. The Morgan fingerprint density at radius 1 is 1.19 bits per heavy atom. The fourth-order valence-electron chi connectivity index (χ4n) is 3.36. The summed E-state index contributed by atoms with van der Waals surface area (Å²) in [5.41, 5.74) is 7.73. The molecule has 0 spiro atoms. The van der Waals surface area contributed by atoms with E-state index in [1.54, 1.807) is 41.0 Å². The Balaban J connectivity index is 1.40. The number of H-pyrrole nitrogens is 1. The van der Waals surface area contributed by atoms with Gasteiger partial charge in [0.2, 0.25) is 5.95 Å². The second-order valence-electron chi connectivity index (χ2n) is 8.18. The third-order valence-electron chi connectivity index (χ3n) is 5.30. The molecule has 13 heteroatoms. The fraction of sp³-hybridized carbons (Fsp3) is 0.250. The standard InChI is InChI=1S/C24H25ClN5O6P/c1-16-5-7-18(8-6-16)20(31)13-36-37(33,35-12-17-3-2-4-19(25)11-17)15-34-10-9-30-14-27-21-22(30)28-24(26)29-23(21)32/h2-8,11,14H,9-10,12-13,15H2,1H3,(H3,26,28,29,32). The summed E-state index contributed by atoms with van der Waals surface area (Å²) in [6.45, 7) is 1.72. The van der Waals surface area contributed by atoms with E-state index in [0.29, 0.717) is 21.8 Å². The first-order chi connectivity index (χ1) is 17.7. The number of Topliss-reactive ketones (excluding diaryl/α,β-unsaturated/α-hetero) is 1. The lowest BCUT2D eigenvalue weighted by atomic mass is 10.1. The first-order valence-electron chi connectivity index (χ1n) is 11.2. The van der Waals surface area contributed by atoms with Crippen molar-refractivity contribution in [3.63, 3.8) is 0 Å². The van der Waals surface area contributed by atoms with E-state index in [9.17, 15) is 14.2 Å². The number of rotatable bonds is 12. The van der Waals surface area contributed by atoms with Crippen molar-refractivity contribution < 1.29 is 23.1 Å². The topological polar surface area (TPSA) is 151 Å². The maximum Gasteiger partial charge on any atom is 0.356 e. The van der Waals surface area contributed by atoms with Gasteiger partial charge in [0.15, 0.2) is 16.9 Å². The van der Waals surface area contributed by atoms with Crippen LogP contribution in [0.1, 0.15) is 21.5 Å². The zero-order chi connectivity index (χ0) is 26.4. The van der Waals surface area contributed by atoms with Gasteiger partial charge in [0, 0.05) is 17.1 Å². The number of carbonyl (C=O) groups excluding carboxylic acids is 1. The molecule has 0 aliphatic heterocycles. The summed E-state index contributed by atoms with van der Waals surface area (Å²) in [6.07, 6.45) is 1.03. The molecule has 0 aliphatic carbocycles. The van der Waals surface area contributed by atoms with Gasteiger partial charge in [0.25, 0.3) is 5.56 Å². The molecule has 0 amide bonds. The molecule has 0 fully saturated rings. The average Bonchev–Trinajstić information content (AvgIpc) is 3.28. The molecule has 11 nitrogen and oxygen atoms in total. The molecular weight excluding hydrogens is 521 g/mol. The molecule has 1 atom stereocenters. The van der Waals surface area contributed by atoms with Crippen molar-refractivity contribution in [2.45, 2.75) is 20.1 Å². The fourth-order valence-corrected chi connectivity index (χ4v) is 4.81. The smallest absolute Gasteiger partial charge is 0.356 e. The Morgan fingerprint density at radius 3 is 2.73 bits per heavy atom.